The molecule has 0 fully saturated rings. The highest BCUT2D eigenvalue weighted by molar-refractivity contribution is 6.31. The first kappa shape index (κ1) is 16.9. The summed E-state index contributed by atoms with van der Waals surface area (Å²) in [6.07, 6.45) is 2.12. The Labute approximate surface area is 154 Å². The predicted molar refractivity (Wildman–Crippen MR) is 93.9 cm³/mol. The monoisotopic (exact) mass is 377 g/mol. The van der Waals surface area contributed by atoms with Gasteiger partial charge in [-0.3, -0.25) is 4.90 Å². The third kappa shape index (κ3) is 2.73. The fraction of sp³-hybridized carbons (Fsp3) is 0.333. The largest absolute Gasteiger partial charge is 0.489 e. The average molecular weight is 378 g/mol. The zero-order chi connectivity index (χ0) is 18.4. The Bertz CT molecular complexity index is 962. The van der Waals surface area contributed by atoms with Crippen LogP contribution in [0.4, 0.5) is 0 Å². The van der Waals surface area contributed by atoms with E-state index in [2.05, 4.69) is 4.57 Å². The van der Waals surface area contributed by atoms with E-state index >= 15 is 0 Å². The van der Waals surface area contributed by atoms with Gasteiger partial charge in [-0.25, -0.2) is 9.59 Å². The second kappa shape index (κ2) is 6.34. The normalized spacial score (nSPS) is 19.6. The van der Waals surface area contributed by atoms with Gasteiger partial charge in [-0.2, -0.15) is 0 Å². The maximum absolute atomic E-state index is 11.5. The Morgan fingerprint density at radius 2 is 2.00 bits per heavy atom. The zero-order valence-corrected chi connectivity index (χ0v) is 14.7. The second-order valence-electron chi connectivity index (χ2n) is 6.53. The van der Waals surface area contributed by atoms with Gasteiger partial charge in [-0.05, 0) is 11.6 Å². The van der Waals surface area contributed by atoms with Crippen LogP contribution in [0.3, 0.4) is 0 Å². The number of halogens is 1. The van der Waals surface area contributed by atoms with Crippen molar-refractivity contribution in [3.05, 3.63) is 40.2 Å². The van der Waals surface area contributed by atoms with Crippen LogP contribution in [-0.2, 0) is 29.0 Å². The topological polar surface area (TPSA) is 93.2 Å². The SMILES string of the molecule is O=C(O)C=C(C(=O)O)[NH+]1CCc2c(n3c4c(cc(Cl)cc24)OCC3)CC1. The van der Waals surface area contributed by atoms with Crippen LogP contribution >= 0.6 is 11.6 Å². The van der Waals surface area contributed by atoms with E-state index < -0.39 is 11.9 Å². The number of ether oxygens (including phenoxy) is 1. The van der Waals surface area contributed by atoms with Crippen LogP contribution in [-0.4, -0.2) is 46.4 Å². The Kier molecular flexibility index (Phi) is 4.13. The van der Waals surface area contributed by atoms with Gasteiger partial charge < -0.3 is 19.5 Å². The molecule has 0 bridgehead atoms. The van der Waals surface area contributed by atoms with Crippen LogP contribution in [0.15, 0.2) is 23.9 Å². The van der Waals surface area contributed by atoms with Crippen molar-refractivity contribution >= 4 is 34.4 Å². The second-order valence-corrected chi connectivity index (χ2v) is 6.97. The summed E-state index contributed by atoms with van der Waals surface area (Å²) in [4.78, 5) is 23.2. The number of hydrogen-bond acceptors (Lipinski definition) is 3. The first-order valence-corrected chi connectivity index (χ1v) is 8.82. The van der Waals surface area contributed by atoms with Gasteiger partial charge in [-0.15, -0.1) is 0 Å². The van der Waals surface area contributed by atoms with Gasteiger partial charge in [0.15, 0.2) is 0 Å². The van der Waals surface area contributed by atoms with Gasteiger partial charge in [0.1, 0.15) is 12.4 Å². The molecule has 2 aliphatic heterocycles. The van der Waals surface area contributed by atoms with Crippen LogP contribution in [0, 0.1) is 0 Å². The highest BCUT2D eigenvalue weighted by Crippen LogP contribution is 2.38. The summed E-state index contributed by atoms with van der Waals surface area (Å²) in [5.41, 5.74) is 3.27. The standard InChI is InChI=1S/C18H17ClN2O5/c19-10-7-12-11-1-3-20(14(18(24)25)9-16(22)23)4-2-13(11)21-5-6-26-15(8-10)17(12)21/h7-9H,1-6H2,(H,22,23)(H,24,25)/p+1. The maximum Gasteiger partial charge on any atom is 0.390 e. The lowest BCUT2D eigenvalue weighted by atomic mass is 10.1. The van der Waals surface area contributed by atoms with E-state index in [1.54, 1.807) is 0 Å². The van der Waals surface area contributed by atoms with E-state index in [1.807, 2.05) is 12.1 Å². The maximum atomic E-state index is 11.5. The molecule has 2 aromatic rings. The molecule has 1 unspecified atom stereocenters. The van der Waals surface area contributed by atoms with Gasteiger partial charge in [0, 0.05) is 35.0 Å². The summed E-state index contributed by atoms with van der Waals surface area (Å²) in [6.45, 7) is 2.35. The molecule has 1 aromatic heterocycles. The number of fused-ring (bicyclic) bond motifs is 3. The third-order valence-electron chi connectivity index (χ3n) is 5.10. The molecule has 1 atom stereocenters. The van der Waals surface area contributed by atoms with E-state index in [1.165, 1.54) is 5.69 Å². The van der Waals surface area contributed by atoms with Crippen molar-refractivity contribution in [2.75, 3.05) is 19.7 Å². The van der Waals surface area contributed by atoms with Crippen LogP contribution in [0.25, 0.3) is 10.9 Å². The smallest absolute Gasteiger partial charge is 0.390 e. The molecule has 136 valence electrons. The number of carboxylic acids is 2. The summed E-state index contributed by atoms with van der Waals surface area (Å²) in [6, 6.07) is 3.76. The molecule has 7 nitrogen and oxygen atoms in total. The molecule has 0 aliphatic carbocycles. The molecular weight excluding hydrogens is 360 g/mol. The number of carbonyl (C=O) groups is 2. The average Bonchev–Trinajstić information content (AvgIpc) is 2.75. The van der Waals surface area contributed by atoms with E-state index in [-0.39, 0.29) is 5.70 Å². The van der Waals surface area contributed by atoms with Crippen LogP contribution < -0.4 is 9.64 Å². The van der Waals surface area contributed by atoms with Crippen molar-refractivity contribution < 1.29 is 29.4 Å². The summed E-state index contributed by atoms with van der Waals surface area (Å²) < 4.78 is 8.00. The number of carboxylic acid groups (broad SMARTS) is 2. The van der Waals surface area contributed by atoms with Crippen molar-refractivity contribution in [1.82, 2.24) is 4.57 Å². The molecular formula is C18H18ClN2O5+. The highest BCUT2D eigenvalue weighted by Gasteiger charge is 2.31. The fourth-order valence-electron chi connectivity index (χ4n) is 4.08. The number of rotatable bonds is 3. The molecule has 0 radical (unpaired) electrons. The van der Waals surface area contributed by atoms with Gasteiger partial charge in [0.2, 0.25) is 5.70 Å². The number of hydrogen-bond donors (Lipinski definition) is 3. The molecule has 8 heteroatoms. The Morgan fingerprint density at radius 3 is 2.73 bits per heavy atom. The quantitative estimate of drug-likeness (QED) is 0.685. The summed E-state index contributed by atoms with van der Waals surface area (Å²) in [7, 11) is 0. The number of quaternary nitrogens is 1. The number of nitrogens with one attached hydrogen (secondary N) is 1. The number of nitrogens with zero attached hydrogens (tertiary/aromatic N) is 1. The van der Waals surface area contributed by atoms with Gasteiger partial charge in [-0.1, -0.05) is 11.6 Å². The van der Waals surface area contributed by atoms with Crippen LogP contribution in [0.1, 0.15) is 11.3 Å². The van der Waals surface area contributed by atoms with E-state index in [9.17, 15) is 14.7 Å². The van der Waals surface area contributed by atoms with Crippen molar-refractivity contribution in [2.24, 2.45) is 0 Å². The number of benzene rings is 1. The van der Waals surface area contributed by atoms with E-state index in [0.29, 0.717) is 42.5 Å². The van der Waals surface area contributed by atoms with E-state index in [0.717, 1.165) is 34.8 Å². The fourth-order valence-corrected chi connectivity index (χ4v) is 4.29. The van der Waals surface area contributed by atoms with E-state index in [4.69, 9.17) is 21.4 Å². The predicted octanol–water partition coefficient (Wildman–Crippen LogP) is 0.724. The molecule has 1 aromatic carbocycles. The molecule has 3 N–H and O–H groups in total. The van der Waals surface area contributed by atoms with Gasteiger partial charge in [0.05, 0.1) is 31.2 Å². The lowest BCUT2D eigenvalue weighted by Gasteiger charge is -2.20. The van der Waals surface area contributed by atoms with Crippen molar-refractivity contribution in [1.29, 1.82) is 0 Å². The summed E-state index contributed by atoms with van der Waals surface area (Å²) >= 11 is 6.25. The Balaban J connectivity index is 1.76. The Hall–Kier alpha value is -2.51. The number of aliphatic carboxylic acids is 2. The van der Waals surface area contributed by atoms with Crippen LogP contribution in [0.5, 0.6) is 5.75 Å². The Morgan fingerprint density at radius 1 is 1.23 bits per heavy atom. The lowest BCUT2D eigenvalue weighted by molar-refractivity contribution is -0.855. The molecule has 0 amide bonds. The lowest BCUT2D eigenvalue weighted by Crippen LogP contribution is -3.11. The van der Waals surface area contributed by atoms with Gasteiger partial charge in [0.25, 0.3) is 0 Å². The van der Waals surface area contributed by atoms with Crippen molar-refractivity contribution in [2.45, 2.75) is 19.4 Å². The molecule has 2 aliphatic rings. The number of aromatic nitrogens is 1. The first-order valence-electron chi connectivity index (χ1n) is 8.45. The summed E-state index contributed by atoms with van der Waals surface area (Å²) in [5, 5.41) is 20.0. The third-order valence-corrected chi connectivity index (χ3v) is 5.32. The molecule has 26 heavy (non-hydrogen) atoms. The minimum absolute atomic E-state index is 0.104. The minimum Gasteiger partial charge on any atom is -0.489 e. The summed E-state index contributed by atoms with van der Waals surface area (Å²) in [5.74, 6) is -1.65. The highest BCUT2D eigenvalue weighted by atomic mass is 35.5. The van der Waals surface area contributed by atoms with Crippen LogP contribution in [0.2, 0.25) is 5.02 Å². The molecule has 0 spiro atoms. The molecule has 0 saturated carbocycles. The molecule has 3 heterocycles. The van der Waals surface area contributed by atoms with Gasteiger partial charge >= 0.3 is 11.9 Å². The minimum atomic E-state index is -1.24. The molecule has 0 saturated heterocycles. The van der Waals surface area contributed by atoms with Crippen molar-refractivity contribution in [3.63, 3.8) is 0 Å². The zero-order valence-electron chi connectivity index (χ0n) is 13.9. The molecule has 4 rings (SSSR count). The first-order chi connectivity index (χ1) is 12.5. The van der Waals surface area contributed by atoms with Crippen molar-refractivity contribution in [3.8, 4) is 5.75 Å².